The van der Waals surface area contributed by atoms with Gasteiger partial charge in [-0.2, -0.15) is 5.10 Å². The predicted octanol–water partition coefficient (Wildman–Crippen LogP) is 2.15. The maximum Gasteiger partial charge on any atom is 0.234 e. The van der Waals surface area contributed by atoms with E-state index in [1.54, 1.807) is 0 Å². The molecule has 1 aliphatic heterocycles. The van der Waals surface area contributed by atoms with Gasteiger partial charge in [0.05, 0.1) is 17.9 Å². The van der Waals surface area contributed by atoms with Crippen LogP contribution in [0.25, 0.3) is 5.69 Å². The molecule has 1 atom stereocenters. The fraction of sp³-hybridized carbons (Fsp3) is 0.375. The maximum absolute atomic E-state index is 11.6. The van der Waals surface area contributed by atoms with Crippen LogP contribution in [-0.2, 0) is 11.3 Å². The quantitative estimate of drug-likeness (QED) is 0.943. The third kappa shape index (κ3) is 3.31. The van der Waals surface area contributed by atoms with Crippen LogP contribution in [0.3, 0.4) is 0 Å². The number of benzene rings is 1. The monoisotopic (exact) mass is 318 g/mol. The minimum absolute atomic E-state index is 0.0847. The molecular formula is C16H19ClN4O. The van der Waals surface area contributed by atoms with Crippen molar-refractivity contribution in [3.8, 4) is 5.69 Å². The lowest BCUT2D eigenvalue weighted by molar-refractivity contribution is -0.125. The van der Waals surface area contributed by atoms with Gasteiger partial charge in [0, 0.05) is 35.9 Å². The van der Waals surface area contributed by atoms with Gasteiger partial charge in [-0.05, 0) is 38.1 Å². The highest BCUT2D eigenvalue weighted by molar-refractivity contribution is 6.30. The highest BCUT2D eigenvalue weighted by Gasteiger charge is 2.22. The minimum atomic E-state index is 0.0847. The molecule has 1 amide bonds. The summed E-state index contributed by atoms with van der Waals surface area (Å²) in [5, 5.41) is 8.20. The Morgan fingerprint density at radius 1 is 1.36 bits per heavy atom. The Kier molecular flexibility index (Phi) is 4.18. The van der Waals surface area contributed by atoms with Crippen molar-refractivity contribution in [3.05, 3.63) is 46.7 Å². The molecule has 0 spiro atoms. The van der Waals surface area contributed by atoms with E-state index in [1.807, 2.05) is 49.0 Å². The summed E-state index contributed by atoms with van der Waals surface area (Å²) in [6.07, 6.45) is 2.02. The molecule has 6 heteroatoms. The number of carbonyl (C=O) groups is 1. The van der Waals surface area contributed by atoms with E-state index in [0.717, 1.165) is 30.0 Å². The Morgan fingerprint density at radius 3 is 2.77 bits per heavy atom. The Morgan fingerprint density at radius 2 is 2.09 bits per heavy atom. The molecule has 1 fully saturated rings. The van der Waals surface area contributed by atoms with Gasteiger partial charge < -0.3 is 5.32 Å². The van der Waals surface area contributed by atoms with Crippen molar-refractivity contribution in [1.29, 1.82) is 0 Å². The van der Waals surface area contributed by atoms with Crippen molar-refractivity contribution in [2.45, 2.75) is 26.4 Å². The summed E-state index contributed by atoms with van der Waals surface area (Å²) < 4.78 is 1.86. The molecule has 1 aromatic carbocycles. The molecule has 1 saturated heterocycles. The number of aryl methyl sites for hydroxylation is 1. The van der Waals surface area contributed by atoms with Gasteiger partial charge in [-0.25, -0.2) is 4.68 Å². The largest absolute Gasteiger partial charge is 0.351 e. The van der Waals surface area contributed by atoms with Gasteiger partial charge >= 0.3 is 0 Å². The van der Waals surface area contributed by atoms with Crippen LogP contribution in [0.5, 0.6) is 0 Å². The highest BCUT2D eigenvalue weighted by atomic mass is 35.5. The van der Waals surface area contributed by atoms with Crippen LogP contribution in [-0.4, -0.2) is 39.7 Å². The predicted molar refractivity (Wildman–Crippen MR) is 86.2 cm³/mol. The molecule has 1 unspecified atom stereocenters. The molecule has 0 radical (unpaired) electrons. The van der Waals surface area contributed by atoms with E-state index >= 15 is 0 Å². The van der Waals surface area contributed by atoms with E-state index in [2.05, 4.69) is 15.3 Å². The lowest BCUT2D eigenvalue weighted by Gasteiger charge is -2.30. The summed E-state index contributed by atoms with van der Waals surface area (Å²) in [5.41, 5.74) is 3.09. The molecule has 1 N–H and O–H groups in total. The van der Waals surface area contributed by atoms with Gasteiger partial charge in [-0.15, -0.1) is 0 Å². The van der Waals surface area contributed by atoms with Crippen LogP contribution >= 0.6 is 11.6 Å². The number of nitrogens with one attached hydrogen (secondary N) is 1. The summed E-state index contributed by atoms with van der Waals surface area (Å²) in [6, 6.07) is 7.77. The summed E-state index contributed by atoms with van der Waals surface area (Å²) >= 11 is 5.92. The van der Waals surface area contributed by atoms with E-state index in [0.29, 0.717) is 11.6 Å². The van der Waals surface area contributed by atoms with Crippen LogP contribution in [0.2, 0.25) is 5.02 Å². The molecule has 2 heterocycles. The molecule has 22 heavy (non-hydrogen) atoms. The van der Waals surface area contributed by atoms with Gasteiger partial charge in [0.25, 0.3) is 0 Å². The summed E-state index contributed by atoms with van der Waals surface area (Å²) in [4.78, 5) is 13.8. The molecule has 2 aromatic rings. The Bertz CT molecular complexity index is 680. The third-order valence-corrected chi connectivity index (χ3v) is 4.04. The van der Waals surface area contributed by atoms with Crippen LogP contribution in [0.4, 0.5) is 0 Å². The first-order valence-electron chi connectivity index (χ1n) is 7.34. The second-order valence-electron chi connectivity index (χ2n) is 5.80. The number of amides is 1. The topological polar surface area (TPSA) is 50.2 Å². The van der Waals surface area contributed by atoms with Gasteiger partial charge in [0.1, 0.15) is 0 Å². The van der Waals surface area contributed by atoms with E-state index < -0.39 is 0 Å². The molecule has 0 aliphatic carbocycles. The van der Waals surface area contributed by atoms with Gasteiger partial charge in [-0.1, -0.05) is 11.6 Å². The summed E-state index contributed by atoms with van der Waals surface area (Å²) in [5.74, 6) is 0.0847. The summed E-state index contributed by atoms with van der Waals surface area (Å²) in [6.45, 7) is 6.05. The number of carbonyl (C=O) groups excluding carboxylic acids is 1. The second kappa shape index (κ2) is 6.10. The van der Waals surface area contributed by atoms with E-state index in [9.17, 15) is 4.79 Å². The number of halogens is 1. The fourth-order valence-corrected chi connectivity index (χ4v) is 2.89. The van der Waals surface area contributed by atoms with Crippen molar-refractivity contribution < 1.29 is 4.79 Å². The number of piperazine rings is 1. The highest BCUT2D eigenvalue weighted by Crippen LogP contribution is 2.17. The molecular weight excluding hydrogens is 300 g/mol. The van der Waals surface area contributed by atoms with E-state index in [1.165, 1.54) is 0 Å². The SMILES string of the molecule is Cc1nn(-c2ccc(Cl)cc2)cc1CN1CC(=O)NC(C)C1. The molecule has 0 bridgehead atoms. The Hall–Kier alpha value is -1.85. The van der Waals surface area contributed by atoms with Crippen molar-refractivity contribution >= 4 is 17.5 Å². The van der Waals surface area contributed by atoms with E-state index in [4.69, 9.17) is 11.6 Å². The third-order valence-electron chi connectivity index (χ3n) is 3.79. The average Bonchev–Trinajstić information content (AvgIpc) is 2.80. The average molecular weight is 319 g/mol. The first kappa shape index (κ1) is 15.1. The standard InChI is InChI=1S/C16H19ClN4O/c1-11-7-20(10-16(22)18-11)8-13-9-21(19-12(13)2)15-5-3-14(17)4-6-15/h3-6,9,11H,7-8,10H2,1-2H3,(H,18,22). The fourth-order valence-electron chi connectivity index (χ4n) is 2.76. The normalized spacial score (nSPS) is 19.2. The number of nitrogens with zero attached hydrogens (tertiary/aromatic N) is 3. The molecule has 0 saturated carbocycles. The van der Waals surface area contributed by atoms with Gasteiger partial charge in [0.2, 0.25) is 5.91 Å². The van der Waals surface area contributed by atoms with Crippen LogP contribution in [0.15, 0.2) is 30.5 Å². The zero-order valence-corrected chi connectivity index (χ0v) is 13.5. The summed E-state index contributed by atoms with van der Waals surface area (Å²) in [7, 11) is 0. The van der Waals surface area contributed by atoms with Crippen molar-refractivity contribution in [2.75, 3.05) is 13.1 Å². The smallest absolute Gasteiger partial charge is 0.234 e. The van der Waals surface area contributed by atoms with Crippen molar-refractivity contribution in [1.82, 2.24) is 20.0 Å². The number of aromatic nitrogens is 2. The second-order valence-corrected chi connectivity index (χ2v) is 6.24. The first-order chi connectivity index (χ1) is 10.5. The first-order valence-corrected chi connectivity index (χ1v) is 7.72. The van der Waals surface area contributed by atoms with Crippen LogP contribution < -0.4 is 5.32 Å². The van der Waals surface area contributed by atoms with Crippen LogP contribution in [0, 0.1) is 6.92 Å². The number of hydrogen-bond acceptors (Lipinski definition) is 3. The lowest BCUT2D eigenvalue weighted by atomic mass is 10.2. The van der Waals surface area contributed by atoms with Gasteiger partial charge in [0.15, 0.2) is 0 Å². The lowest BCUT2D eigenvalue weighted by Crippen LogP contribution is -2.52. The van der Waals surface area contributed by atoms with Crippen molar-refractivity contribution in [2.24, 2.45) is 0 Å². The number of rotatable bonds is 3. The maximum atomic E-state index is 11.6. The zero-order chi connectivity index (χ0) is 15.7. The molecule has 3 rings (SSSR count). The molecule has 1 aliphatic rings. The number of hydrogen-bond donors (Lipinski definition) is 1. The zero-order valence-electron chi connectivity index (χ0n) is 12.7. The molecule has 116 valence electrons. The Labute approximate surface area is 134 Å². The molecule has 1 aromatic heterocycles. The van der Waals surface area contributed by atoms with Crippen LogP contribution in [0.1, 0.15) is 18.2 Å². The van der Waals surface area contributed by atoms with Crippen molar-refractivity contribution in [3.63, 3.8) is 0 Å². The van der Waals surface area contributed by atoms with Gasteiger partial charge in [-0.3, -0.25) is 9.69 Å². The van der Waals surface area contributed by atoms with E-state index in [-0.39, 0.29) is 11.9 Å². The molecule has 5 nitrogen and oxygen atoms in total. The Balaban J connectivity index is 1.77. The minimum Gasteiger partial charge on any atom is -0.351 e.